The average molecular weight is 369 g/mol. The summed E-state index contributed by atoms with van der Waals surface area (Å²) in [4.78, 5) is 1.57. The molecule has 10 heteroatoms. The molecule has 0 radical (unpaired) electrons. The number of nitrogens with one attached hydrogen (secondary N) is 2. The molecule has 136 valence electrons. The van der Waals surface area contributed by atoms with E-state index in [1.807, 2.05) is 0 Å². The molecule has 0 bridgehead atoms. The minimum atomic E-state index is -4.95. The number of hydrogen-bond donors (Lipinski definition) is 2. The van der Waals surface area contributed by atoms with Crippen molar-refractivity contribution in [2.24, 2.45) is 0 Å². The van der Waals surface area contributed by atoms with E-state index in [0.717, 1.165) is 32.2 Å². The lowest BCUT2D eigenvalue weighted by molar-refractivity contribution is -0.140. The fraction of sp³-hybridized carbons (Fsp3) is 0.571. The fourth-order valence-electron chi connectivity index (χ4n) is 2.42. The Morgan fingerprint density at radius 1 is 1.21 bits per heavy atom. The summed E-state index contributed by atoms with van der Waals surface area (Å²) in [7, 11) is -4.11. The number of piperazine rings is 1. The van der Waals surface area contributed by atoms with Crippen LogP contribution in [-0.2, 0) is 16.2 Å². The zero-order valence-electron chi connectivity index (χ0n) is 12.9. The molecule has 24 heavy (non-hydrogen) atoms. The van der Waals surface area contributed by atoms with Crippen molar-refractivity contribution in [2.45, 2.75) is 17.5 Å². The standard InChI is InChI=1S/C14H19F4N3O2S/c15-13-3-2-11(10-12(13)14(16,17)18)24(22,23)20-4-1-7-21-8-5-19-6-9-21/h2-3,10,19-20H,1,4-9H2. The first-order valence-electron chi connectivity index (χ1n) is 7.49. The molecule has 0 amide bonds. The lowest BCUT2D eigenvalue weighted by Crippen LogP contribution is -2.44. The number of halogens is 4. The predicted octanol–water partition coefficient (Wildman–Crippen LogP) is 1.42. The molecule has 0 atom stereocenters. The Labute approximate surface area is 138 Å². The van der Waals surface area contributed by atoms with Gasteiger partial charge in [-0.05, 0) is 31.2 Å². The van der Waals surface area contributed by atoms with Gasteiger partial charge in [-0.1, -0.05) is 0 Å². The van der Waals surface area contributed by atoms with Crippen LogP contribution in [0.3, 0.4) is 0 Å². The second kappa shape index (κ2) is 7.77. The maximum atomic E-state index is 13.2. The van der Waals surface area contributed by atoms with E-state index in [1.165, 1.54) is 0 Å². The Balaban J connectivity index is 1.95. The molecule has 2 N–H and O–H groups in total. The second-order valence-electron chi connectivity index (χ2n) is 5.48. The van der Waals surface area contributed by atoms with Crippen LogP contribution in [0.4, 0.5) is 17.6 Å². The van der Waals surface area contributed by atoms with E-state index in [-0.39, 0.29) is 6.54 Å². The van der Waals surface area contributed by atoms with Crippen LogP contribution in [0.5, 0.6) is 0 Å². The maximum Gasteiger partial charge on any atom is 0.419 e. The summed E-state index contributed by atoms with van der Waals surface area (Å²) in [5.41, 5.74) is -1.59. The van der Waals surface area contributed by atoms with Crippen molar-refractivity contribution < 1.29 is 26.0 Å². The molecule has 1 heterocycles. The number of sulfonamides is 1. The SMILES string of the molecule is O=S(=O)(NCCCN1CCNCC1)c1ccc(F)c(C(F)(F)F)c1. The molecule has 1 aromatic carbocycles. The van der Waals surface area contributed by atoms with Gasteiger partial charge in [0.25, 0.3) is 0 Å². The van der Waals surface area contributed by atoms with Gasteiger partial charge < -0.3 is 10.2 Å². The van der Waals surface area contributed by atoms with Crippen LogP contribution in [0.2, 0.25) is 0 Å². The predicted molar refractivity (Wildman–Crippen MR) is 80.5 cm³/mol. The van der Waals surface area contributed by atoms with Gasteiger partial charge in [-0.25, -0.2) is 17.5 Å². The summed E-state index contributed by atoms with van der Waals surface area (Å²) in [5.74, 6) is -1.50. The van der Waals surface area contributed by atoms with Crippen LogP contribution in [0.25, 0.3) is 0 Å². The van der Waals surface area contributed by atoms with Crippen molar-refractivity contribution in [3.05, 3.63) is 29.6 Å². The highest BCUT2D eigenvalue weighted by Crippen LogP contribution is 2.32. The summed E-state index contributed by atoms with van der Waals surface area (Å²) < 4.78 is 77.6. The highest BCUT2D eigenvalue weighted by atomic mass is 32.2. The fourth-order valence-corrected chi connectivity index (χ4v) is 3.52. The van der Waals surface area contributed by atoms with Gasteiger partial charge in [0.05, 0.1) is 10.5 Å². The molecule has 2 rings (SSSR count). The summed E-state index contributed by atoms with van der Waals surface area (Å²) in [6.45, 7) is 4.30. The van der Waals surface area contributed by atoms with Gasteiger partial charge in [-0.2, -0.15) is 13.2 Å². The number of hydrogen-bond acceptors (Lipinski definition) is 4. The molecule has 0 spiro atoms. The molecule has 0 saturated carbocycles. The van der Waals surface area contributed by atoms with Gasteiger partial charge >= 0.3 is 6.18 Å². The third-order valence-corrected chi connectivity index (χ3v) is 5.17. The summed E-state index contributed by atoms with van der Waals surface area (Å²) in [6, 6.07) is 1.65. The number of nitrogens with zero attached hydrogens (tertiary/aromatic N) is 1. The number of alkyl halides is 3. The molecule has 0 aliphatic carbocycles. The van der Waals surface area contributed by atoms with Crippen molar-refractivity contribution in [1.82, 2.24) is 14.9 Å². The molecule has 1 aliphatic rings. The van der Waals surface area contributed by atoms with Crippen LogP contribution in [0.15, 0.2) is 23.1 Å². The quantitative estimate of drug-likeness (QED) is 0.588. The van der Waals surface area contributed by atoms with Crippen LogP contribution >= 0.6 is 0 Å². The first kappa shape index (κ1) is 19.1. The molecule has 5 nitrogen and oxygen atoms in total. The van der Waals surface area contributed by atoms with Gasteiger partial charge in [0.2, 0.25) is 10.0 Å². The monoisotopic (exact) mass is 369 g/mol. The van der Waals surface area contributed by atoms with Crippen molar-refractivity contribution in [1.29, 1.82) is 0 Å². The van der Waals surface area contributed by atoms with Crippen LogP contribution < -0.4 is 10.0 Å². The lowest BCUT2D eigenvalue weighted by atomic mass is 10.2. The second-order valence-corrected chi connectivity index (χ2v) is 7.25. The number of benzene rings is 1. The molecule has 0 aromatic heterocycles. The molecule has 1 fully saturated rings. The molecular formula is C14H19F4N3O2S. The number of rotatable bonds is 6. The first-order chi connectivity index (χ1) is 11.2. The van der Waals surface area contributed by atoms with E-state index in [1.54, 1.807) is 0 Å². The topological polar surface area (TPSA) is 61.4 Å². The Bertz CT molecular complexity index is 658. The lowest BCUT2D eigenvalue weighted by Gasteiger charge is -2.27. The largest absolute Gasteiger partial charge is 0.419 e. The normalized spacial score (nSPS) is 17.2. The highest BCUT2D eigenvalue weighted by molar-refractivity contribution is 7.89. The van der Waals surface area contributed by atoms with Gasteiger partial charge in [0.1, 0.15) is 5.82 Å². The third kappa shape index (κ3) is 5.13. The van der Waals surface area contributed by atoms with Gasteiger partial charge in [0.15, 0.2) is 0 Å². The van der Waals surface area contributed by atoms with Gasteiger partial charge in [0, 0.05) is 32.7 Å². The van der Waals surface area contributed by atoms with E-state index in [4.69, 9.17) is 0 Å². The minimum absolute atomic E-state index is 0.102. The zero-order chi connectivity index (χ0) is 17.8. The first-order valence-corrected chi connectivity index (χ1v) is 8.98. The Morgan fingerprint density at radius 3 is 2.50 bits per heavy atom. The summed E-state index contributed by atoms with van der Waals surface area (Å²) >= 11 is 0. The van der Waals surface area contributed by atoms with Crippen LogP contribution in [0, 0.1) is 5.82 Å². The molecular weight excluding hydrogens is 350 g/mol. The van der Waals surface area contributed by atoms with E-state index in [9.17, 15) is 26.0 Å². The Hall–Kier alpha value is -1.23. The van der Waals surface area contributed by atoms with E-state index in [2.05, 4.69) is 14.9 Å². The molecule has 1 aromatic rings. The van der Waals surface area contributed by atoms with Crippen molar-refractivity contribution in [3.8, 4) is 0 Å². The maximum absolute atomic E-state index is 13.2. The molecule has 0 unspecified atom stereocenters. The zero-order valence-corrected chi connectivity index (χ0v) is 13.7. The van der Waals surface area contributed by atoms with Crippen molar-refractivity contribution >= 4 is 10.0 Å². The highest BCUT2D eigenvalue weighted by Gasteiger charge is 2.35. The molecule has 1 aliphatic heterocycles. The smallest absolute Gasteiger partial charge is 0.314 e. The van der Waals surface area contributed by atoms with E-state index < -0.39 is 32.5 Å². The summed E-state index contributed by atoms with van der Waals surface area (Å²) in [5, 5.41) is 3.20. The van der Waals surface area contributed by atoms with E-state index in [0.29, 0.717) is 25.1 Å². The van der Waals surface area contributed by atoms with Gasteiger partial charge in [-0.3, -0.25) is 0 Å². The van der Waals surface area contributed by atoms with E-state index >= 15 is 0 Å². The third-order valence-electron chi connectivity index (χ3n) is 3.71. The van der Waals surface area contributed by atoms with Gasteiger partial charge in [-0.15, -0.1) is 0 Å². The van der Waals surface area contributed by atoms with Crippen LogP contribution in [-0.4, -0.2) is 52.6 Å². The Morgan fingerprint density at radius 2 is 1.88 bits per heavy atom. The van der Waals surface area contributed by atoms with Crippen molar-refractivity contribution in [3.63, 3.8) is 0 Å². The minimum Gasteiger partial charge on any atom is -0.314 e. The van der Waals surface area contributed by atoms with Crippen LogP contribution in [0.1, 0.15) is 12.0 Å². The molecule has 1 saturated heterocycles. The summed E-state index contributed by atoms with van der Waals surface area (Å²) in [6.07, 6.45) is -4.41. The average Bonchev–Trinajstić information content (AvgIpc) is 2.52. The Kier molecular flexibility index (Phi) is 6.18. The van der Waals surface area contributed by atoms with Crippen molar-refractivity contribution in [2.75, 3.05) is 39.3 Å².